The van der Waals surface area contributed by atoms with Crippen LogP contribution in [0.5, 0.6) is 0 Å². The Labute approximate surface area is 335 Å². The fraction of sp³-hybridized carbons (Fsp3) is 0.378. The molecule has 0 aliphatic carbocycles. The second-order valence-electron chi connectivity index (χ2n) is 14.8. The van der Waals surface area contributed by atoms with E-state index in [0.29, 0.717) is 0 Å². The number of aliphatic hydroxyl groups is 2. The number of alkyl carbamates (subject to hydrolysis) is 2. The lowest BCUT2D eigenvalue weighted by molar-refractivity contribution is -0.128. The van der Waals surface area contributed by atoms with Gasteiger partial charge in [0.25, 0.3) is 0 Å². The van der Waals surface area contributed by atoms with Gasteiger partial charge in [0.2, 0.25) is 11.8 Å². The van der Waals surface area contributed by atoms with Gasteiger partial charge in [-0.1, -0.05) is 149 Å². The number of nitrogens with one attached hydrogen (secondary N) is 4. The summed E-state index contributed by atoms with van der Waals surface area (Å²) in [5, 5.41) is 34.5. The van der Waals surface area contributed by atoms with Crippen molar-refractivity contribution in [2.75, 3.05) is 6.61 Å². The van der Waals surface area contributed by atoms with E-state index >= 15 is 0 Å². The average Bonchev–Trinajstić information content (AvgIpc) is 3.21. The number of aliphatic hydroxyl groups excluding tert-OH is 2. The standard InChI is InChI=1S/C45H56N4O8/c1-30(2)39(48-44(54)56-28-34-21-13-7-14-22-34)42(52)46-37(25-32-17-9-5-10-18-32)36(27-50)41(51)38(26-33-19-11-6-12-20-33)47-43(53)40(31(3)4)49-45(55)57-29-35-23-15-8-16-24-35/h5-24,30-31,36-41,50-51H,25-29H2,1-4H3,(H,46,52)(H,47,53)(H,48,54)(H,49,55)/t36-,37+,38+,39+,40+,41+/m1/s1. The van der Waals surface area contributed by atoms with Crippen LogP contribution in [0.25, 0.3) is 0 Å². The Bertz CT molecular complexity index is 1810. The van der Waals surface area contributed by atoms with Crippen molar-refractivity contribution in [3.8, 4) is 0 Å². The van der Waals surface area contributed by atoms with E-state index in [1.54, 1.807) is 27.7 Å². The molecule has 4 rings (SSSR count). The lowest BCUT2D eigenvalue weighted by Gasteiger charge is -2.37. The Balaban J connectivity index is 1.56. The largest absolute Gasteiger partial charge is 0.445 e. The first kappa shape index (κ1) is 44.0. The monoisotopic (exact) mass is 780 g/mol. The molecule has 0 saturated heterocycles. The highest BCUT2D eigenvalue weighted by atomic mass is 16.6. The lowest BCUT2D eigenvalue weighted by Crippen LogP contribution is -2.60. The minimum absolute atomic E-state index is 0.0171. The van der Waals surface area contributed by atoms with Gasteiger partial charge in [0.1, 0.15) is 25.3 Å². The maximum absolute atomic E-state index is 14.0. The van der Waals surface area contributed by atoms with Crippen LogP contribution in [0, 0.1) is 17.8 Å². The summed E-state index contributed by atoms with van der Waals surface area (Å²) in [7, 11) is 0. The molecule has 4 amide bonds. The van der Waals surface area contributed by atoms with Gasteiger partial charge in [-0.2, -0.15) is 0 Å². The smallest absolute Gasteiger partial charge is 0.408 e. The van der Waals surface area contributed by atoms with Crippen LogP contribution in [-0.2, 0) is 45.1 Å². The number of benzene rings is 4. The maximum atomic E-state index is 14.0. The molecule has 0 saturated carbocycles. The van der Waals surface area contributed by atoms with Gasteiger partial charge < -0.3 is 41.0 Å². The molecule has 6 N–H and O–H groups in total. The molecular weight excluding hydrogens is 725 g/mol. The molecule has 4 aromatic rings. The summed E-state index contributed by atoms with van der Waals surface area (Å²) in [4.78, 5) is 53.8. The molecule has 0 bridgehead atoms. The zero-order chi connectivity index (χ0) is 41.2. The van der Waals surface area contributed by atoms with Gasteiger partial charge in [0, 0.05) is 12.0 Å². The Hall–Kier alpha value is -5.72. The predicted octanol–water partition coefficient (Wildman–Crippen LogP) is 5.31. The third-order valence-electron chi connectivity index (χ3n) is 9.70. The van der Waals surface area contributed by atoms with E-state index in [-0.39, 0.29) is 37.9 Å². The Morgan fingerprint density at radius 1 is 0.509 bits per heavy atom. The van der Waals surface area contributed by atoms with Crippen LogP contribution in [0.2, 0.25) is 0 Å². The first-order valence-corrected chi connectivity index (χ1v) is 19.4. The zero-order valence-electron chi connectivity index (χ0n) is 33.0. The third kappa shape index (κ3) is 14.4. The third-order valence-corrected chi connectivity index (χ3v) is 9.70. The second kappa shape index (κ2) is 22.7. The molecule has 0 spiro atoms. The van der Waals surface area contributed by atoms with Crippen LogP contribution in [-0.4, -0.2) is 71.1 Å². The van der Waals surface area contributed by atoms with Crippen molar-refractivity contribution in [1.82, 2.24) is 21.3 Å². The zero-order valence-corrected chi connectivity index (χ0v) is 33.0. The number of carbonyl (C=O) groups excluding carboxylic acids is 4. The number of ether oxygens (including phenoxy) is 2. The van der Waals surface area contributed by atoms with Gasteiger partial charge in [-0.3, -0.25) is 9.59 Å². The Kier molecular flexibility index (Phi) is 17.6. The molecule has 57 heavy (non-hydrogen) atoms. The summed E-state index contributed by atoms with van der Waals surface area (Å²) in [5.41, 5.74) is 3.20. The normalized spacial score (nSPS) is 14.3. The van der Waals surface area contributed by atoms with Gasteiger partial charge in [-0.15, -0.1) is 0 Å². The van der Waals surface area contributed by atoms with Crippen LogP contribution in [0.4, 0.5) is 9.59 Å². The predicted molar refractivity (Wildman–Crippen MR) is 218 cm³/mol. The minimum atomic E-state index is -1.40. The maximum Gasteiger partial charge on any atom is 0.408 e. The van der Waals surface area contributed by atoms with Gasteiger partial charge in [-0.05, 0) is 46.9 Å². The first-order valence-electron chi connectivity index (χ1n) is 19.4. The molecule has 12 nitrogen and oxygen atoms in total. The fourth-order valence-corrected chi connectivity index (χ4v) is 6.47. The van der Waals surface area contributed by atoms with E-state index in [1.807, 2.05) is 121 Å². The average molecular weight is 781 g/mol. The van der Waals surface area contributed by atoms with E-state index in [1.165, 1.54) is 0 Å². The van der Waals surface area contributed by atoms with Crippen LogP contribution in [0.1, 0.15) is 49.9 Å². The highest BCUT2D eigenvalue weighted by Gasteiger charge is 2.38. The molecule has 0 heterocycles. The second-order valence-corrected chi connectivity index (χ2v) is 14.8. The van der Waals surface area contributed by atoms with Gasteiger partial charge in [0.15, 0.2) is 0 Å². The van der Waals surface area contributed by atoms with Crippen molar-refractivity contribution in [2.45, 2.75) is 84.0 Å². The summed E-state index contributed by atoms with van der Waals surface area (Å²) < 4.78 is 10.8. The number of hydrogen-bond donors (Lipinski definition) is 6. The molecule has 0 aromatic heterocycles. The van der Waals surface area contributed by atoms with Crippen molar-refractivity contribution in [3.05, 3.63) is 144 Å². The van der Waals surface area contributed by atoms with Crippen molar-refractivity contribution < 1.29 is 38.9 Å². The summed E-state index contributed by atoms with van der Waals surface area (Å²) in [6, 6.07) is 33.0. The van der Waals surface area contributed by atoms with Crippen molar-refractivity contribution >= 4 is 24.0 Å². The molecular formula is C45H56N4O8. The van der Waals surface area contributed by atoms with Gasteiger partial charge in [-0.25, -0.2) is 9.59 Å². The topological polar surface area (TPSA) is 175 Å². The Morgan fingerprint density at radius 2 is 0.842 bits per heavy atom. The minimum Gasteiger partial charge on any atom is -0.445 e. The van der Waals surface area contributed by atoms with E-state index in [0.717, 1.165) is 22.3 Å². The van der Waals surface area contributed by atoms with Gasteiger partial charge in [0.05, 0.1) is 18.8 Å². The van der Waals surface area contributed by atoms with Crippen molar-refractivity contribution in [3.63, 3.8) is 0 Å². The summed E-state index contributed by atoms with van der Waals surface area (Å²) in [5.74, 6) is -2.80. The molecule has 0 aliphatic heterocycles. The SMILES string of the molecule is CC(C)[C@H](NC(=O)OCc1ccccc1)C(=O)N[C@@H](Cc1ccccc1)[C@@H](O)[C@H](CO)[C@H](Cc1ccccc1)NC(=O)[C@@H](NC(=O)OCc1ccccc1)C(C)C. The van der Waals surface area contributed by atoms with E-state index in [9.17, 15) is 29.4 Å². The van der Waals surface area contributed by atoms with Crippen molar-refractivity contribution in [1.29, 1.82) is 0 Å². The molecule has 12 heteroatoms. The summed E-state index contributed by atoms with van der Waals surface area (Å²) >= 11 is 0. The first-order chi connectivity index (χ1) is 27.4. The Morgan fingerprint density at radius 3 is 1.19 bits per heavy atom. The number of carbonyl (C=O) groups is 4. The van der Waals surface area contributed by atoms with Crippen LogP contribution in [0.15, 0.2) is 121 Å². The molecule has 0 unspecified atom stereocenters. The molecule has 0 fully saturated rings. The van der Waals surface area contributed by atoms with E-state index in [4.69, 9.17) is 9.47 Å². The van der Waals surface area contributed by atoms with Gasteiger partial charge >= 0.3 is 12.2 Å². The molecule has 304 valence electrons. The molecule has 0 aliphatic rings. The van der Waals surface area contributed by atoms with Crippen molar-refractivity contribution in [2.24, 2.45) is 17.8 Å². The highest BCUT2D eigenvalue weighted by Crippen LogP contribution is 2.21. The van der Waals surface area contributed by atoms with E-state index in [2.05, 4.69) is 21.3 Å². The van der Waals surface area contributed by atoms with Crippen LogP contribution >= 0.6 is 0 Å². The summed E-state index contributed by atoms with van der Waals surface area (Å²) in [6.07, 6.45) is -2.55. The van der Waals surface area contributed by atoms with E-state index < -0.39 is 66.8 Å². The number of hydrogen-bond acceptors (Lipinski definition) is 8. The summed E-state index contributed by atoms with van der Waals surface area (Å²) in [6.45, 7) is 6.61. The molecule has 0 radical (unpaired) electrons. The number of amides is 4. The van der Waals surface area contributed by atoms with Crippen LogP contribution in [0.3, 0.4) is 0 Å². The lowest BCUT2D eigenvalue weighted by atomic mass is 9.83. The van der Waals surface area contributed by atoms with Crippen LogP contribution < -0.4 is 21.3 Å². The quantitative estimate of drug-likeness (QED) is 0.0700. The molecule has 6 atom stereocenters. The fourth-order valence-electron chi connectivity index (χ4n) is 6.47. The highest BCUT2D eigenvalue weighted by molar-refractivity contribution is 5.87. The number of rotatable bonds is 20. The molecule has 4 aromatic carbocycles.